The van der Waals surface area contributed by atoms with Crippen LogP contribution in [0.5, 0.6) is 5.75 Å². The summed E-state index contributed by atoms with van der Waals surface area (Å²) in [5.41, 5.74) is 3.22. The lowest BCUT2D eigenvalue weighted by Crippen LogP contribution is -2.09. The van der Waals surface area contributed by atoms with Crippen LogP contribution in [-0.2, 0) is 6.42 Å². The van der Waals surface area contributed by atoms with Gasteiger partial charge >= 0.3 is 0 Å². The molecule has 0 N–H and O–H groups in total. The first-order valence-corrected chi connectivity index (χ1v) is 6.08. The molecule has 0 atom stereocenters. The molecule has 0 saturated carbocycles. The van der Waals surface area contributed by atoms with E-state index in [4.69, 9.17) is 10.00 Å². The van der Waals surface area contributed by atoms with Crippen molar-refractivity contribution in [3.05, 3.63) is 54.1 Å². The molecule has 0 amide bonds. The summed E-state index contributed by atoms with van der Waals surface area (Å²) in [7, 11) is 3.67. The number of nitrogens with zero attached hydrogens (tertiary/aromatic N) is 2. The zero-order valence-corrected chi connectivity index (χ0v) is 11.1. The summed E-state index contributed by atoms with van der Waals surface area (Å²) in [4.78, 5) is 2.09. The van der Waals surface area contributed by atoms with Gasteiger partial charge in [0.25, 0.3) is 0 Å². The molecule has 0 aliphatic heterocycles. The number of anilines is 2. The van der Waals surface area contributed by atoms with Crippen molar-refractivity contribution in [2.75, 3.05) is 19.1 Å². The SMILES string of the molecule is COc1ccc(N(C)c2ccc(CC#N)cc2)cc1. The van der Waals surface area contributed by atoms with E-state index < -0.39 is 0 Å². The summed E-state index contributed by atoms with van der Waals surface area (Å²) in [5.74, 6) is 0.849. The molecule has 96 valence electrons. The maximum atomic E-state index is 8.65. The number of ether oxygens (including phenoxy) is 1. The van der Waals surface area contributed by atoms with Gasteiger partial charge in [-0.05, 0) is 42.0 Å². The van der Waals surface area contributed by atoms with Crippen LogP contribution in [0.3, 0.4) is 0 Å². The Kier molecular flexibility index (Phi) is 4.04. The van der Waals surface area contributed by atoms with Crippen LogP contribution in [0.2, 0.25) is 0 Å². The standard InChI is InChI=1S/C16H16N2O/c1-18(15-7-9-16(19-2)10-8-15)14-5-3-13(4-6-14)11-12-17/h3-10H,11H2,1-2H3. The van der Waals surface area contributed by atoms with E-state index in [1.54, 1.807) is 7.11 Å². The van der Waals surface area contributed by atoms with Gasteiger partial charge in [-0.3, -0.25) is 0 Å². The molecule has 19 heavy (non-hydrogen) atoms. The summed E-state index contributed by atoms with van der Waals surface area (Å²) in [6.45, 7) is 0. The van der Waals surface area contributed by atoms with Crippen molar-refractivity contribution in [3.63, 3.8) is 0 Å². The average Bonchev–Trinajstić information content (AvgIpc) is 2.48. The Morgan fingerprint density at radius 3 is 2.00 bits per heavy atom. The molecule has 0 unspecified atom stereocenters. The second kappa shape index (κ2) is 5.92. The molecule has 0 aromatic heterocycles. The van der Waals surface area contributed by atoms with Crippen LogP contribution in [0.25, 0.3) is 0 Å². The van der Waals surface area contributed by atoms with Gasteiger partial charge in [0.15, 0.2) is 0 Å². The predicted octanol–water partition coefficient (Wildman–Crippen LogP) is 3.53. The largest absolute Gasteiger partial charge is 0.497 e. The first kappa shape index (κ1) is 13.0. The highest BCUT2D eigenvalue weighted by Gasteiger charge is 2.04. The Hall–Kier alpha value is -2.47. The molecule has 3 nitrogen and oxygen atoms in total. The number of nitriles is 1. The summed E-state index contributed by atoms with van der Waals surface area (Å²) < 4.78 is 5.15. The van der Waals surface area contributed by atoms with Crippen molar-refractivity contribution < 1.29 is 4.74 Å². The monoisotopic (exact) mass is 252 g/mol. The maximum Gasteiger partial charge on any atom is 0.119 e. The van der Waals surface area contributed by atoms with E-state index in [1.807, 2.05) is 55.6 Å². The zero-order valence-electron chi connectivity index (χ0n) is 11.1. The molecule has 0 saturated heterocycles. The van der Waals surface area contributed by atoms with Gasteiger partial charge in [0.1, 0.15) is 5.75 Å². The van der Waals surface area contributed by atoms with E-state index >= 15 is 0 Å². The predicted molar refractivity (Wildman–Crippen MR) is 76.8 cm³/mol. The van der Waals surface area contributed by atoms with Crippen LogP contribution in [0.15, 0.2) is 48.5 Å². The normalized spacial score (nSPS) is 9.74. The van der Waals surface area contributed by atoms with E-state index in [0.717, 1.165) is 22.7 Å². The van der Waals surface area contributed by atoms with Crippen LogP contribution in [0.4, 0.5) is 11.4 Å². The van der Waals surface area contributed by atoms with E-state index in [1.165, 1.54) is 0 Å². The molecule has 0 heterocycles. The number of hydrogen-bond acceptors (Lipinski definition) is 3. The molecule has 2 aromatic rings. The van der Waals surface area contributed by atoms with Gasteiger partial charge in [0, 0.05) is 18.4 Å². The van der Waals surface area contributed by atoms with Crippen molar-refractivity contribution in [3.8, 4) is 11.8 Å². The smallest absolute Gasteiger partial charge is 0.119 e. The molecule has 0 aliphatic rings. The molecule has 2 aromatic carbocycles. The fourth-order valence-electron chi connectivity index (χ4n) is 1.88. The first-order chi connectivity index (χ1) is 9.24. The number of hydrogen-bond donors (Lipinski definition) is 0. The van der Waals surface area contributed by atoms with Crippen LogP contribution < -0.4 is 9.64 Å². The Labute approximate surface area is 113 Å². The molecule has 0 fully saturated rings. The van der Waals surface area contributed by atoms with Gasteiger partial charge in [-0.25, -0.2) is 0 Å². The minimum Gasteiger partial charge on any atom is -0.497 e. The third-order valence-electron chi connectivity index (χ3n) is 3.07. The highest BCUT2D eigenvalue weighted by molar-refractivity contribution is 5.63. The van der Waals surface area contributed by atoms with Crippen molar-refractivity contribution in [2.24, 2.45) is 0 Å². The molecular weight excluding hydrogens is 236 g/mol. The molecule has 0 aliphatic carbocycles. The molecule has 0 radical (unpaired) electrons. The number of methoxy groups -OCH3 is 1. The minimum atomic E-state index is 0.451. The van der Waals surface area contributed by atoms with Crippen molar-refractivity contribution in [1.29, 1.82) is 5.26 Å². The van der Waals surface area contributed by atoms with Crippen LogP contribution >= 0.6 is 0 Å². The maximum absolute atomic E-state index is 8.65. The van der Waals surface area contributed by atoms with E-state index in [-0.39, 0.29) is 0 Å². The summed E-state index contributed by atoms with van der Waals surface area (Å²) in [5, 5.41) is 8.65. The topological polar surface area (TPSA) is 36.3 Å². The molecule has 0 bridgehead atoms. The third-order valence-corrected chi connectivity index (χ3v) is 3.07. The fourth-order valence-corrected chi connectivity index (χ4v) is 1.88. The second-order valence-electron chi connectivity index (χ2n) is 4.26. The Morgan fingerprint density at radius 2 is 1.53 bits per heavy atom. The number of benzene rings is 2. The van der Waals surface area contributed by atoms with Gasteiger partial charge in [-0.2, -0.15) is 5.26 Å². The molecule has 0 spiro atoms. The highest BCUT2D eigenvalue weighted by atomic mass is 16.5. The summed E-state index contributed by atoms with van der Waals surface area (Å²) in [6.07, 6.45) is 0.451. The lowest BCUT2D eigenvalue weighted by Gasteiger charge is -2.20. The average molecular weight is 252 g/mol. The number of rotatable bonds is 4. The Bertz CT molecular complexity index is 567. The highest BCUT2D eigenvalue weighted by Crippen LogP contribution is 2.25. The van der Waals surface area contributed by atoms with Gasteiger partial charge in [-0.1, -0.05) is 12.1 Å². The van der Waals surface area contributed by atoms with Gasteiger partial charge in [0.05, 0.1) is 19.6 Å². The first-order valence-electron chi connectivity index (χ1n) is 6.08. The van der Waals surface area contributed by atoms with Gasteiger partial charge in [-0.15, -0.1) is 0 Å². The lowest BCUT2D eigenvalue weighted by molar-refractivity contribution is 0.415. The third kappa shape index (κ3) is 3.05. The minimum absolute atomic E-state index is 0.451. The van der Waals surface area contributed by atoms with Crippen molar-refractivity contribution in [1.82, 2.24) is 0 Å². The van der Waals surface area contributed by atoms with Gasteiger partial charge in [0.2, 0.25) is 0 Å². The lowest BCUT2D eigenvalue weighted by atomic mass is 10.1. The molecule has 3 heteroatoms. The Morgan fingerprint density at radius 1 is 1.00 bits per heavy atom. The fraction of sp³-hybridized carbons (Fsp3) is 0.188. The van der Waals surface area contributed by atoms with Crippen LogP contribution in [0.1, 0.15) is 5.56 Å². The van der Waals surface area contributed by atoms with Crippen molar-refractivity contribution in [2.45, 2.75) is 6.42 Å². The van der Waals surface area contributed by atoms with E-state index in [9.17, 15) is 0 Å². The second-order valence-corrected chi connectivity index (χ2v) is 4.26. The molecule has 2 rings (SSSR count). The van der Waals surface area contributed by atoms with E-state index in [2.05, 4.69) is 11.0 Å². The molecular formula is C16H16N2O. The Balaban J connectivity index is 2.18. The quantitative estimate of drug-likeness (QED) is 0.835. The summed E-state index contributed by atoms with van der Waals surface area (Å²) >= 11 is 0. The van der Waals surface area contributed by atoms with Crippen LogP contribution in [-0.4, -0.2) is 14.2 Å². The van der Waals surface area contributed by atoms with E-state index in [0.29, 0.717) is 6.42 Å². The summed E-state index contributed by atoms with van der Waals surface area (Å²) in [6, 6.07) is 18.1. The van der Waals surface area contributed by atoms with Crippen LogP contribution in [0, 0.1) is 11.3 Å². The van der Waals surface area contributed by atoms with Crippen molar-refractivity contribution >= 4 is 11.4 Å². The zero-order chi connectivity index (χ0) is 13.7. The van der Waals surface area contributed by atoms with Gasteiger partial charge < -0.3 is 9.64 Å².